The second-order valence-corrected chi connectivity index (χ2v) is 6.73. The summed E-state index contributed by atoms with van der Waals surface area (Å²) in [4.78, 5) is 21.6. The second kappa shape index (κ2) is 8.41. The molecule has 0 spiro atoms. The minimum atomic E-state index is -1.10. The van der Waals surface area contributed by atoms with E-state index in [-0.39, 0.29) is 23.9 Å². The van der Waals surface area contributed by atoms with Crippen molar-refractivity contribution in [2.75, 3.05) is 6.54 Å². The van der Waals surface area contributed by atoms with E-state index in [1.807, 2.05) is 30.3 Å². The van der Waals surface area contributed by atoms with E-state index in [4.69, 9.17) is 10.2 Å². The van der Waals surface area contributed by atoms with Crippen molar-refractivity contribution in [2.45, 2.75) is 45.6 Å². The predicted octanol–water partition coefficient (Wildman–Crippen LogP) is 3.50. The molecule has 23 heavy (non-hydrogen) atoms. The summed E-state index contributed by atoms with van der Waals surface area (Å²) in [6.45, 7) is 6.58. The normalized spacial score (nSPS) is 13.9. The van der Waals surface area contributed by atoms with Crippen LogP contribution >= 0.6 is 0 Å². The van der Waals surface area contributed by atoms with Crippen LogP contribution in [0.2, 0.25) is 0 Å². The van der Waals surface area contributed by atoms with Crippen molar-refractivity contribution < 1.29 is 19.8 Å². The molecule has 2 unspecified atom stereocenters. The number of nitrogens with one attached hydrogen (secondary N) is 2. The number of hydrogen-bond acceptors (Lipinski definition) is 2. The smallest absolute Gasteiger partial charge is 0.404 e. The maximum Gasteiger partial charge on any atom is 0.404 e. The first-order chi connectivity index (χ1) is 10.7. The zero-order valence-corrected chi connectivity index (χ0v) is 13.9. The molecular weight excluding hydrogens is 296 g/mol. The lowest BCUT2D eigenvalue weighted by Crippen LogP contribution is -2.39. The minimum Gasteiger partial charge on any atom is -0.465 e. The zero-order chi connectivity index (χ0) is 17.5. The van der Waals surface area contributed by atoms with E-state index in [0.717, 1.165) is 5.56 Å². The van der Waals surface area contributed by atoms with Gasteiger partial charge in [-0.15, -0.1) is 0 Å². The molecule has 0 aliphatic rings. The highest BCUT2D eigenvalue weighted by Gasteiger charge is 2.29. The Morgan fingerprint density at radius 1 is 1.09 bits per heavy atom. The largest absolute Gasteiger partial charge is 0.465 e. The molecule has 1 rings (SSSR count). The fourth-order valence-corrected chi connectivity index (χ4v) is 2.74. The maximum absolute atomic E-state index is 11.0. The fraction of sp³-hybridized carbons (Fsp3) is 0.529. The Kier molecular flexibility index (Phi) is 6.88. The Balaban J connectivity index is 2.86. The van der Waals surface area contributed by atoms with Gasteiger partial charge in [-0.25, -0.2) is 9.59 Å². The Morgan fingerprint density at radius 3 is 2.17 bits per heavy atom. The molecule has 0 aliphatic carbocycles. The van der Waals surface area contributed by atoms with Gasteiger partial charge in [0.05, 0.1) is 0 Å². The van der Waals surface area contributed by atoms with Gasteiger partial charge in [0.15, 0.2) is 0 Å². The van der Waals surface area contributed by atoms with Crippen molar-refractivity contribution in [1.82, 2.24) is 10.6 Å². The Bertz CT molecular complexity index is 511. The Hall–Kier alpha value is -2.24. The van der Waals surface area contributed by atoms with Crippen molar-refractivity contribution in [3.05, 3.63) is 35.9 Å². The van der Waals surface area contributed by atoms with Crippen LogP contribution in [0.25, 0.3) is 0 Å². The topological polar surface area (TPSA) is 98.7 Å². The van der Waals surface area contributed by atoms with Crippen LogP contribution in [0, 0.1) is 5.41 Å². The van der Waals surface area contributed by atoms with E-state index in [2.05, 4.69) is 31.4 Å². The van der Waals surface area contributed by atoms with Crippen LogP contribution < -0.4 is 10.6 Å². The Labute approximate surface area is 136 Å². The molecule has 4 N–H and O–H groups in total. The van der Waals surface area contributed by atoms with Gasteiger partial charge in [-0.05, 0) is 29.7 Å². The SMILES string of the molecule is CC(C)(C)C(CC(CCNC(=O)O)NC(=O)O)c1ccccc1. The van der Waals surface area contributed by atoms with Crippen molar-refractivity contribution >= 4 is 12.2 Å². The van der Waals surface area contributed by atoms with E-state index in [0.29, 0.717) is 12.8 Å². The van der Waals surface area contributed by atoms with E-state index in [1.54, 1.807) is 0 Å². The van der Waals surface area contributed by atoms with Gasteiger partial charge in [0, 0.05) is 12.6 Å². The number of benzene rings is 1. The first-order valence-electron chi connectivity index (χ1n) is 7.71. The molecule has 0 saturated heterocycles. The molecule has 0 radical (unpaired) electrons. The average Bonchev–Trinajstić information content (AvgIpc) is 2.43. The molecule has 6 heteroatoms. The summed E-state index contributed by atoms with van der Waals surface area (Å²) in [5.41, 5.74) is 1.11. The molecule has 1 aromatic carbocycles. The molecule has 128 valence electrons. The van der Waals surface area contributed by atoms with Crippen molar-refractivity contribution in [1.29, 1.82) is 0 Å². The molecule has 0 fully saturated rings. The summed E-state index contributed by atoms with van der Waals surface area (Å²) in [5.74, 6) is 0.158. The summed E-state index contributed by atoms with van der Waals surface area (Å²) < 4.78 is 0. The van der Waals surface area contributed by atoms with Gasteiger partial charge in [-0.1, -0.05) is 51.1 Å². The van der Waals surface area contributed by atoms with Crippen LogP contribution in [-0.4, -0.2) is 35.0 Å². The van der Waals surface area contributed by atoms with Crippen LogP contribution in [0.5, 0.6) is 0 Å². The lowest BCUT2D eigenvalue weighted by atomic mass is 9.73. The third kappa shape index (κ3) is 7.04. The summed E-state index contributed by atoms with van der Waals surface area (Å²) in [6.07, 6.45) is -1.17. The third-order valence-electron chi connectivity index (χ3n) is 3.86. The molecular formula is C17H26N2O4. The van der Waals surface area contributed by atoms with Gasteiger partial charge >= 0.3 is 12.2 Å². The molecule has 0 saturated carbocycles. The third-order valence-corrected chi connectivity index (χ3v) is 3.86. The van der Waals surface area contributed by atoms with Crippen LogP contribution in [0.3, 0.4) is 0 Å². The summed E-state index contributed by atoms with van der Waals surface area (Å²) >= 11 is 0. The van der Waals surface area contributed by atoms with Crippen molar-refractivity contribution in [3.8, 4) is 0 Å². The molecule has 6 nitrogen and oxygen atoms in total. The quantitative estimate of drug-likeness (QED) is 0.617. The van der Waals surface area contributed by atoms with Gasteiger partial charge in [0.2, 0.25) is 0 Å². The van der Waals surface area contributed by atoms with Gasteiger partial charge in [0.1, 0.15) is 0 Å². The van der Waals surface area contributed by atoms with Gasteiger partial charge < -0.3 is 20.8 Å². The average molecular weight is 322 g/mol. The highest BCUT2D eigenvalue weighted by molar-refractivity contribution is 5.65. The molecule has 0 aromatic heterocycles. The number of carboxylic acid groups (broad SMARTS) is 2. The van der Waals surface area contributed by atoms with Crippen LogP contribution in [0.1, 0.15) is 45.1 Å². The standard InChI is InChI=1S/C17H26N2O4/c1-17(2,3)14(12-7-5-4-6-8-12)11-13(19-16(22)23)9-10-18-15(20)21/h4-8,13-14,18-19H,9-11H2,1-3H3,(H,20,21)(H,22,23). The highest BCUT2D eigenvalue weighted by Crippen LogP contribution is 2.38. The van der Waals surface area contributed by atoms with E-state index in [1.165, 1.54) is 0 Å². The van der Waals surface area contributed by atoms with Gasteiger partial charge in [-0.3, -0.25) is 0 Å². The van der Waals surface area contributed by atoms with Crippen LogP contribution in [0.4, 0.5) is 9.59 Å². The van der Waals surface area contributed by atoms with Crippen LogP contribution in [-0.2, 0) is 0 Å². The first kappa shape index (κ1) is 18.8. The maximum atomic E-state index is 11.0. The summed E-state index contributed by atoms with van der Waals surface area (Å²) in [6, 6.07) is 9.67. The summed E-state index contributed by atoms with van der Waals surface area (Å²) in [7, 11) is 0. The molecule has 0 heterocycles. The molecule has 2 atom stereocenters. The first-order valence-corrected chi connectivity index (χ1v) is 7.71. The van der Waals surface area contributed by atoms with Gasteiger partial charge in [-0.2, -0.15) is 0 Å². The number of amides is 2. The second-order valence-electron chi connectivity index (χ2n) is 6.73. The number of carbonyl (C=O) groups is 2. The van der Waals surface area contributed by atoms with E-state index < -0.39 is 12.2 Å². The predicted molar refractivity (Wildman–Crippen MR) is 88.8 cm³/mol. The molecule has 2 amide bonds. The molecule has 0 aliphatic heterocycles. The number of rotatable bonds is 7. The fourth-order valence-electron chi connectivity index (χ4n) is 2.74. The lowest BCUT2D eigenvalue weighted by Gasteiger charge is -2.34. The van der Waals surface area contributed by atoms with E-state index >= 15 is 0 Å². The van der Waals surface area contributed by atoms with Crippen LogP contribution in [0.15, 0.2) is 30.3 Å². The van der Waals surface area contributed by atoms with Gasteiger partial charge in [0.25, 0.3) is 0 Å². The Morgan fingerprint density at radius 2 is 1.70 bits per heavy atom. The monoisotopic (exact) mass is 322 g/mol. The summed E-state index contributed by atoms with van der Waals surface area (Å²) in [5, 5.41) is 22.5. The zero-order valence-electron chi connectivity index (χ0n) is 13.9. The highest BCUT2D eigenvalue weighted by atomic mass is 16.4. The van der Waals surface area contributed by atoms with Crippen molar-refractivity contribution in [3.63, 3.8) is 0 Å². The lowest BCUT2D eigenvalue weighted by molar-refractivity contribution is 0.182. The van der Waals surface area contributed by atoms with E-state index in [9.17, 15) is 9.59 Å². The molecule has 0 bridgehead atoms. The number of hydrogen-bond donors (Lipinski definition) is 4. The molecule has 1 aromatic rings. The minimum absolute atomic E-state index is 0.0417. The van der Waals surface area contributed by atoms with Crippen molar-refractivity contribution in [2.24, 2.45) is 5.41 Å².